The van der Waals surface area contributed by atoms with E-state index in [4.69, 9.17) is 0 Å². The van der Waals surface area contributed by atoms with Crippen molar-refractivity contribution in [3.8, 4) is 0 Å². The minimum atomic E-state index is -0.718. The molecule has 0 aromatic carbocycles. The maximum absolute atomic E-state index is 9.60. The molecule has 0 rings (SSSR count). The average Bonchev–Trinajstić information content (AvgIpc) is 1.89. The third-order valence-electron chi connectivity index (χ3n) is 0.429. The Morgan fingerprint density at radius 2 is 1.82 bits per heavy atom. The van der Waals surface area contributed by atoms with Gasteiger partial charge in [0.2, 0.25) is 0 Å². The van der Waals surface area contributed by atoms with Crippen LogP contribution < -0.4 is 22.7 Å². The number of ether oxygens (including phenoxy) is 1. The highest BCUT2D eigenvalue weighted by Gasteiger charge is 1.82. The van der Waals surface area contributed by atoms with Crippen molar-refractivity contribution in [1.29, 1.82) is 0 Å². The number of carbonyl (C=O) groups is 2. The Hall–Kier alpha value is -1.50. The van der Waals surface area contributed by atoms with Crippen LogP contribution in [0.2, 0.25) is 0 Å². The summed E-state index contributed by atoms with van der Waals surface area (Å²) < 4.78 is 4.18. The lowest BCUT2D eigenvalue weighted by molar-refractivity contribution is 0.163. The van der Waals surface area contributed by atoms with E-state index in [-0.39, 0.29) is 0 Å². The molecule has 7 nitrogen and oxygen atoms in total. The van der Waals surface area contributed by atoms with E-state index in [0.717, 1.165) is 0 Å². The van der Waals surface area contributed by atoms with Crippen molar-refractivity contribution in [1.82, 2.24) is 5.43 Å². The second kappa shape index (κ2) is 8.50. The Labute approximate surface area is 63.8 Å². The van der Waals surface area contributed by atoms with E-state index < -0.39 is 12.1 Å². The summed E-state index contributed by atoms with van der Waals surface area (Å²) in [6, 6.07) is -0.718. The Morgan fingerprint density at radius 1 is 1.45 bits per heavy atom. The van der Waals surface area contributed by atoms with E-state index in [2.05, 4.69) is 22.0 Å². The van der Waals surface area contributed by atoms with E-state index >= 15 is 0 Å². The number of amides is 3. The molecule has 0 atom stereocenters. The number of hydrogen-bond acceptors (Lipinski definition) is 4. The molecule has 0 unspecified atom stereocenters. The molecule has 0 aromatic heterocycles. The maximum atomic E-state index is 9.60. The highest BCUT2D eigenvalue weighted by atomic mass is 16.5. The molecule has 0 aliphatic rings. The summed E-state index contributed by atoms with van der Waals surface area (Å²) in [5.41, 5.74) is 10.6. The van der Waals surface area contributed by atoms with Gasteiger partial charge in [0.1, 0.15) is 0 Å². The van der Waals surface area contributed by atoms with Crippen molar-refractivity contribution in [2.45, 2.75) is 6.92 Å². The molecule has 66 valence electrons. The quantitative estimate of drug-likeness (QED) is 0.216. The molecular formula is C4H12N4O3. The van der Waals surface area contributed by atoms with Gasteiger partial charge in [-0.3, -0.25) is 5.43 Å². The molecule has 0 aliphatic heterocycles. The van der Waals surface area contributed by atoms with Gasteiger partial charge in [0.25, 0.3) is 0 Å². The minimum Gasteiger partial charge on any atom is -0.450 e. The first kappa shape index (κ1) is 12.2. The van der Waals surface area contributed by atoms with Gasteiger partial charge in [0.05, 0.1) is 6.61 Å². The third-order valence-corrected chi connectivity index (χ3v) is 0.429. The second-order valence-electron chi connectivity index (χ2n) is 1.26. The van der Waals surface area contributed by atoms with Gasteiger partial charge >= 0.3 is 12.1 Å². The van der Waals surface area contributed by atoms with E-state index in [0.29, 0.717) is 6.61 Å². The van der Waals surface area contributed by atoms with Crippen molar-refractivity contribution < 1.29 is 14.3 Å². The van der Waals surface area contributed by atoms with Gasteiger partial charge in [-0.1, -0.05) is 0 Å². The molecule has 0 saturated heterocycles. The average molecular weight is 164 g/mol. The van der Waals surface area contributed by atoms with Gasteiger partial charge in [-0.05, 0) is 6.92 Å². The number of hydrazine groups is 1. The predicted molar refractivity (Wildman–Crippen MR) is 38.1 cm³/mol. The molecule has 7 N–H and O–H groups in total. The van der Waals surface area contributed by atoms with Crippen LogP contribution in [0, 0.1) is 0 Å². The largest absolute Gasteiger partial charge is 0.450 e. The Morgan fingerprint density at radius 3 is 1.82 bits per heavy atom. The standard InChI is InChI=1S/C3H7NO2.CH5N3O/c1-2-6-3(4)5;2-1(5)4-3/h2H2,1H3,(H2,4,5);3H2,(H3,2,4,5). The fourth-order valence-electron chi connectivity index (χ4n) is 0.142. The molecule has 0 aromatic rings. The van der Waals surface area contributed by atoms with Crippen LogP contribution in [0.3, 0.4) is 0 Å². The normalized spacial score (nSPS) is 7.09. The van der Waals surface area contributed by atoms with E-state index in [1.807, 2.05) is 0 Å². The SMILES string of the molecule is CCOC(N)=O.NNC(N)=O. The number of carbonyl (C=O) groups excluding carboxylic acids is 2. The zero-order chi connectivity index (χ0) is 9.28. The second-order valence-corrected chi connectivity index (χ2v) is 1.26. The Kier molecular flexibility index (Phi) is 9.43. The molecule has 0 saturated carbocycles. The van der Waals surface area contributed by atoms with Gasteiger partial charge in [0, 0.05) is 0 Å². The van der Waals surface area contributed by atoms with Crippen LogP contribution >= 0.6 is 0 Å². The van der Waals surface area contributed by atoms with Crippen LogP contribution in [0.25, 0.3) is 0 Å². The van der Waals surface area contributed by atoms with Gasteiger partial charge in [-0.15, -0.1) is 0 Å². The van der Waals surface area contributed by atoms with Gasteiger partial charge < -0.3 is 16.2 Å². The number of nitrogens with one attached hydrogen (secondary N) is 1. The maximum Gasteiger partial charge on any atom is 0.404 e. The summed E-state index contributed by atoms with van der Waals surface area (Å²) in [7, 11) is 0. The lowest BCUT2D eigenvalue weighted by Crippen LogP contribution is -2.34. The number of hydrogen-bond donors (Lipinski definition) is 4. The summed E-state index contributed by atoms with van der Waals surface area (Å²) in [4.78, 5) is 19.0. The smallest absolute Gasteiger partial charge is 0.404 e. The number of primary amides is 2. The van der Waals surface area contributed by atoms with Crippen LogP contribution in [-0.2, 0) is 4.74 Å². The first-order chi connectivity index (χ1) is 5.04. The summed E-state index contributed by atoms with van der Waals surface area (Å²) in [6.45, 7) is 2.06. The topological polar surface area (TPSA) is 133 Å². The van der Waals surface area contributed by atoms with Crippen LogP contribution in [-0.4, -0.2) is 18.7 Å². The Balaban J connectivity index is 0. The number of nitrogens with two attached hydrogens (primary N) is 3. The molecule has 11 heavy (non-hydrogen) atoms. The van der Waals surface area contributed by atoms with Gasteiger partial charge in [0.15, 0.2) is 0 Å². The summed E-state index contributed by atoms with van der Waals surface area (Å²) in [5.74, 6) is 4.45. The van der Waals surface area contributed by atoms with E-state index in [1.54, 1.807) is 12.3 Å². The monoisotopic (exact) mass is 164 g/mol. The molecular weight excluding hydrogens is 152 g/mol. The van der Waals surface area contributed by atoms with Crippen LogP contribution in [0.15, 0.2) is 0 Å². The highest BCUT2D eigenvalue weighted by Crippen LogP contribution is 1.66. The predicted octanol–water partition coefficient (Wildman–Crippen LogP) is -1.37. The van der Waals surface area contributed by atoms with Crippen molar-refractivity contribution in [2.75, 3.05) is 6.61 Å². The van der Waals surface area contributed by atoms with E-state index in [1.165, 1.54) is 0 Å². The zero-order valence-corrected chi connectivity index (χ0v) is 6.16. The molecule has 0 heterocycles. The molecule has 3 amide bonds. The van der Waals surface area contributed by atoms with Gasteiger partial charge in [-0.25, -0.2) is 15.4 Å². The Bertz CT molecular complexity index is 127. The van der Waals surface area contributed by atoms with Crippen molar-refractivity contribution in [3.63, 3.8) is 0 Å². The van der Waals surface area contributed by atoms with Gasteiger partial charge in [-0.2, -0.15) is 0 Å². The van der Waals surface area contributed by atoms with Crippen LogP contribution in [0.4, 0.5) is 9.59 Å². The molecule has 0 spiro atoms. The third kappa shape index (κ3) is 29.3. The first-order valence-electron chi connectivity index (χ1n) is 2.72. The van der Waals surface area contributed by atoms with Crippen molar-refractivity contribution >= 4 is 12.1 Å². The van der Waals surface area contributed by atoms with Crippen LogP contribution in [0.5, 0.6) is 0 Å². The zero-order valence-electron chi connectivity index (χ0n) is 6.16. The summed E-state index contributed by atoms with van der Waals surface area (Å²) >= 11 is 0. The summed E-state index contributed by atoms with van der Waals surface area (Å²) in [5, 5.41) is 0. The molecule has 0 bridgehead atoms. The number of rotatable bonds is 1. The van der Waals surface area contributed by atoms with Crippen molar-refractivity contribution in [2.24, 2.45) is 17.3 Å². The molecule has 0 aliphatic carbocycles. The highest BCUT2D eigenvalue weighted by molar-refractivity contribution is 5.70. The minimum absolute atomic E-state index is 0.356. The fraction of sp³-hybridized carbons (Fsp3) is 0.500. The lowest BCUT2D eigenvalue weighted by atomic mass is 10.9. The molecule has 0 radical (unpaired) electrons. The lowest BCUT2D eigenvalue weighted by Gasteiger charge is -1.89. The van der Waals surface area contributed by atoms with Crippen LogP contribution in [0.1, 0.15) is 6.92 Å². The first-order valence-corrected chi connectivity index (χ1v) is 2.72. The number of urea groups is 1. The summed E-state index contributed by atoms with van der Waals surface area (Å²) in [6.07, 6.45) is -0.711. The molecule has 7 heteroatoms. The molecule has 0 fully saturated rings. The van der Waals surface area contributed by atoms with Crippen molar-refractivity contribution in [3.05, 3.63) is 0 Å². The van der Waals surface area contributed by atoms with E-state index in [9.17, 15) is 9.59 Å². The fourth-order valence-corrected chi connectivity index (χ4v) is 0.142.